The maximum Gasteiger partial charge on any atom is 0.339 e. The zero-order chi connectivity index (χ0) is 21.3. The number of piperidine rings is 1. The summed E-state index contributed by atoms with van der Waals surface area (Å²) in [5.41, 5.74) is 2.98. The third-order valence-electron chi connectivity index (χ3n) is 6.06. The summed E-state index contributed by atoms with van der Waals surface area (Å²) in [5.74, 6) is 0.240. The molecular weight excluding hydrogens is 390 g/mol. The fourth-order valence-electron chi connectivity index (χ4n) is 4.49. The van der Waals surface area contributed by atoms with Crippen molar-refractivity contribution in [1.82, 2.24) is 4.90 Å². The summed E-state index contributed by atoms with van der Waals surface area (Å²) in [5, 5.41) is 0. The van der Waals surface area contributed by atoms with Crippen molar-refractivity contribution in [2.45, 2.75) is 18.4 Å². The topological polar surface area (TPSA) is 55.8 Å². The Morgan fingerprint density at radius 3 is 2.45 bits per heavy atom. The largest absolute Gasteiger partial charge is 0.484 e. The van der Waals surface area contributed by atoms with Crippen LogP contribution in [0, 0.1) is 0 Å². The van der Waals surface area contributed by atoms with Crippen molar-refractivity contribution in [1.29, 1.82) is 0 Å². The molecule has 3 aromatic rings. The van der Waals surface area contributed by atoms with Crippen LogP contribution < -0.4 is 4.74 Å². The third-order valence-corrected chi connectivity index (χ3v) is 6.06. The number of fused-ring (bicyclic) bond motifs is 2. The minimum atomic E-state index is -0.737. The van der Waals surface area contributed by atoms with Crippen LogP contribution >= 0.6 is 0 Å². The zero-order valence-corrected chi connectivity index (χ0v) is 17.1. The Hall–Kier alpha value is -3.60. The molecule has 5 nitrogen and oxygen atoms in total. The number of esters is 1. The maximum atomic E-state index is 12.9. The van der Waals surface area contributed by atoms with Gasteiger partial charge in [0.05, 0.1) is 12.1 Å². The molecule has 2 aliphatic rings. The van der Waals surface area contributed by atoms with Crippen LogP contribution in [0.5, 0.6) is 5.75 Å². The molecule has 1 atom stereocenters. The van der Waals surface area contributed by atoms with Crippen molar-refractivity contribution in [3.63, 3.8) is 0 Å². The van der Waals surface area contributed by atoms with E-state index in [4.69, 9.17) is 9.47 Å². The van der Waals surface area contributed by atoms with E-state index in [9.17, 15) is 9.59 Å². The number of carbonyl (C=O) groups is 2. The van der Waals surface area contributed by atoms with Gasteiger partial charge in [-0.25, -0.2) is 4.79 Å². The Morgan fingerprint density at radius 1 is 0.935 bits per heavy atom. The molecule has 0 radical (unpaired) electrons. The predicted molar refractivity (Wildman–Crippen MR) is 117 cm³/mol. The highest BCUT2D eigenvalue weighted by Crippen LogP contribution is 2.42. The van der Waals surface area contributed by atoms with Gasteiger partial charge in [0, 0.05) is 12.1 Å². The van der Waals surface area contributed by atoms with E-state index >= 15 is 0 Å². The van der Waals surface area contributed by atoms with Crippen LogP contribution in [-0.2, 0) is 15.1 Å². The van der Waals surface area contributed by atoms with Crippen LogP contribution in [0.3, 0.4) is 0 Å². The third kappa shape index (κ3) is 3.67. The normalized spacial score (nSPS) is 19.7. The number of benzene rings is 3. The molecule has 0 bridgehead atoms. The smallest absolute Gasteiger partial charge is 0.339 e. The van der Waals surface area contributed by atoms with Crippen LogP contribution in [0.4, 0.5) is 0 Å². The summed E-state index contributed by atoms with van der Waals surface area (Å²) in [6.07, 6.45) is 1.50. The second-order valence-electron chi connectivity index (χ2n) is 8.03. The molecule has 0 aromatic heterocycles. The summed E-state index contributed by atoms with van der Waals surface area (Å²) in [4.78, 5) is 26.9. The molecule has 3 aromatic carbocycles. The maximum absolute atomic E-state index is 12.9. The lowest BCUT2D eigenvalue weighted by Crippen LogP contribution is -2.50. The van der Waals surface area contributed by atoms with Gasteiger partial charge in [0.2, 0.25) is 0 Å². The van der Waals surface area contributed by atoms with E-state index in [2.05, 4.69) is 12.1 Å². The first-order valence-electron chi connectivity index (χ1n) is 10.5. The fraction of sp³-hybridized carbons (Fsp3) is 0.231. The van der Waals surface area contributed by atoms with Gasteiger partial charge in [-0.2, -0.15) is 0 Å². The predicted octanol–water partition coefficient (Wildman–Crippen LogP) is 4.42. The summed E-state index contributed by atoms with van der Waals surface area (Å²) >= 11 is 0. The highest BCUT2D eigenvalue weighted by Gasteiger charge is 2.48. The van der Waals surface area contributed by atoms with E-state index in [0.29, 0.717) is 24.4 Å². The molecule has 31 heavy (non-hydrogen) atoms. The molecule has 2 aliphatic heterocycles. The van der Waals surface area contributed by atoms with Gasteiger partial charge >= 0.3 is 5.97 Å². The molecule has 2 heterocycles. The van der Waals surface area contributed by atoms with Crippen molar-refractivity contribution < 1.29 is 19.1 Å². The molecule has 156 valence electrons. The second kappa shape index (κ2) is 7.91. The minimum absolute atomic E-state index is 0.0453. The van der Waals surface area contributed by atoms with Crippen LogP contribution in [0.2, 0.25) is 0 Å². The van der Waals surface area contributed by atoms with Crippen molar-refractivity contribution in [2.75, 3.05) is 19.7 Å². The molecular formula is C26H23NO4. The first-order chi connectivity index (χ1) is 15.1. The molecule has 5 rings (SSSR count). The average Bonchev–Trinajstić information content (AvgIpc) is 3.09. The first kappa shape index (κ1) is 19.4. The zero-order valence-electron chi connectivity index (χ0n) is 17.1. The Morgan fingerprint density at radius 2 is 1.65 bits per heavy atom. The summed E-state index contributed by atoms with van der Waals surface area (Å²) in [6.45, 7) is 0.956. The molecule has 1 spiro atoms. The Balaban J connectivity index is 1.24. The lowest BCUT2D eigenvalue weighted by Gasteiger charge is -2.39. The number of ether oxygens (including phenoxy) is 2. The Labute approximate surface area is 181 Å². The number of carbonyl (C=O) groups excluding carboxylic acids is 2. The quantitative estimate of drug-likeness (QED) is 0.594. The monoisotopic (exact) mass is 413 g/mol. The van der Waals surface area contributed by atoms with E-state index in [0.717, 1.165) is 29.5 Å². The molecule has 1 amide bonds. The number of nitrogens with zero attached hydrogens (tertiary/aromatic N) is 1. The molecule has 0 aliphatic carbocycles. The van der Waals surface area contributed by atoms with E-state index < -0.39 is 5.60 Å². The van der Waals surface area contributed by atoms with Gasteiger partial charge in [0.15, 0.2) is 12.2 Å². The van der Waals surface area contributed by atoms with Gasteiger partial charge in [-0.15, -0.1) is 0 Å². The summed E-state index contributed by atoms with van der Waals surface area (Å²) < 4.78 is 11.5. The fourth-order valence-corrected chi connectivity index (χ4v) is 4.49. The Bertz CT molecular complexity index is 1110. The van der Waals surface area contributed by atoms with E-state index in [1.807, 2.05) is 60.7 Å². The van der Waals surface area contributed by atoms with Crippen molar-refractivity contribution >= 4 is 11.9 Å². The lowest BCUT2D eigenvalue weighted by molar-refractivity contribution is -0.140. The van der Waals surface area contributed by atoms with Gasteiger partial charge in [0.25, 0.3) is 5.91 Å². The van der Waals surface area contributed by atoms with E-state index in [1.165, 1.54) is 0 Å². The van der Waals surface area contributed by atoms with Gasteiger partial charge in [-0.05, 0) is 42.2 Å². The molecule has 0 saturated carbocycles. The minimum Gasteiger partial charge on any atom is -0.484 e. The summed E-state index contributed by atoms with van der Waals surface area (Å²) in [6, 6.07) is 25.3. The van der Waals surface area contributed by atoms with Crippen molar-refractivity contribution in [3.05, 3.63) is 90.0 Å². The van der Waals surface area contributed by atoms with E-state index in [-0.39, 0.29) is 18.5 Å². The number of amides is 1. The molecule has 5 heteroatoms. The Kier molecular flexibility index (Phi) is 4.94. The SMILES string of the molecule is O=C1OC2(CCCN(C(=O)COc3ccc(-c4ccccc4)cc3)C2)c2ccccc21. The lowest BCUT2D eigenvalue weighted by atomic mass is 9.85. The highest BCUT2D eigenvalue weighted by atomic mass is 16.6. The van der Waals surface area contributed by atoms with Gasteiger partial charge < -0.3 is 14.4 Å². The summed E-state index contributed by atoms with van der Waals surface area (Å²) in [7, 11) is 0. The number of likely N-dealkylation sites (tertiary alicyclic amines) is 1. The van der Waals surface area contributed by atoms with Gasteiger partial charge in [-0.3, -0.25) is 4.79 Å². The van der Waals surface area contributed by atoms with Crippen LogP contribution in [-0.4, -0.2) is 36.5 Å². The van der Waals surface area contributed by atoms with Crippen LogP contribution in [0.1, 0.15) is 28.8 Å². The van der Waals surface area contributed by atoms with E-state index in [1.54, 1.807) is 11.0 Å². The first-order valence-corrected chi connectivity index (χ1v) is 10.5. The molecule has 0 N–H and O–H groups in total. The average molecular weight is 413 g/mol. The number of hydrogen-bond acceptors (Lipinski definition) is 4. The molecule has 1 saturated heterocycles. The second-order valence-corrected chi connectivity index (χ2v) is 8.03. The van der Waals surface area contributed by atoms with Gasteiger partial charge in [0.1, 0.15) is 5.75 Å². The highest BCUT2D eigenvalue weighted by molar-refractivity contribution is 5.95. The van der Waals surface area contributed by atoms with Crippen molar-refractivity contribution in [3.8, 4) is 16.9 Å². The van der Waals surface area contributed by atoms with Crippen LogP contribution in [0.15, 0.2) is 78.9 Å². The van der Waals surface area contributed by atoms with Crippen LogP contribution in [0.25, 0.3) is 11.1 Å². The number of rotatable bonds is 4. The molecule has 1 fully saturated rings. The number of hydrogen-bond donors (Lipinski definition) is 0. The van der Waals surface area contributed by atoms with Crippen molar-refractivity contribution in [2.24, 2.45) is 0 Å². The van der Waals surface area contributed by atoms with Gasteiger partial charge in [-0.1, -0.05) is 60.7 Å². The molecule has 1 unspecified atom stereocenters. The standard InChI is InChI=1S/C26H23NO4/c28-24(17-30-21-13-11-20(12-14-21)19-7-2-1-3-8-19)27-16-6-15-26(18-27)23-10-5-4-9-22(23)25(29)31-26/h1-5,7-14H,6,15-18H2.